The number of H-pyrrole nitrogens is 1. The van der Waals surface area contributed by atoms with Gasteiger partial charge in [-0.15, -0.1) is 0 Å². The van der Waals surface area contributed by atoms with Gasteiger partial charge in [0.2, 0.25) is 11.7 Å². The molecule has 3 heterocycles. The number of imidazole rings is 1. The molecular weight excluding hydrogens is 330 g/mol. The average Bonchev–Trinajstić information content (AvgIpc) is 3.35. The number of aromatic amines is 1. The van der Waals surface area contributed by atoms with Crippen LogP contribution >= 0.6 is 0 Å². The minimum atomic E-state index is -3.56. The molecule has 8 nitrogen and oxygen atoms in total. The SMILES string of the molecule is O=S(=O)(c1cnc[nH]1)N1CC[C@H](c2nc(-c3ccccc3)no2)C1. The molecule has 1 aromatic carbocycles. The number of nitrogens with zero attached hydrogens (tertiary/aromatic N) is 4. The van der Waals surface area contributed by atoms with Gasteiger partial charge in [0.05, 0.1) is 18.4 Å². The Morgan fingerprint density at radius 3 is 2.83 bits per heavy atom. The van der Waals surface area contributed by atoms with E-state index >= 15 is 0 Å². The summed E-state index contributed by atoms with van der Waals surface area (Å²) in [6, 6.07) is 9.52. The van der Waals surface area contributed by atoms with Crippen molar-refractivity contribution in [3.05, 3.63) is 48.7 Å². The molecule has 124 valence electrons. The van der Waals surface area contributed by atoms with Gasteiger partial charge in [0, 0.05) is 18.7 Å². The first kappa shape index (κ1) is 15.0. The van der Waals surface area contributed by atoms with Crippen LogP contribution in [0.2, 0.25) is 0 Å². The van der Waals surface area contributed by atoms with Crippen molar-refractivity contribution in [3.63, 3.8) is 0 Å². The average molecular weight is 345 g/mol. The number of hydrogen-bond donors (Lipinski definition) is 1. The molecule has 0 saturated carbocycles. The molecule has 1 aliphatic heterocycles. The molecular formula is C15H15N5O3S. The Bertz CT molecular complexity index is 921. The predicted octanol–water partition coefficient (Wildman–Crippen LogP) is 1.64. The van der Waals surface area contributed by atoms with Gasteiger partial charge in [0.1, 0.15) is 0 Å². The van der Waals surface area contributed by atoms with Crippen molar-refractivity contribution in [1.29, 1.82) is 0 Å². The molecule has 24 heavy (non-hydrogen) atoms. The van der Waals surface area contributed by atoms with Crippen molar-refractivity contribution >= 4 is 10.0 Å². The number of rotatable bonds is 4. The Morgan fingerprint density at radius 2 is 2.08 bits per heavy atom. The lowest BCUT2D eigenvalue weighted by Gasteiger charge is -2.14. The number of aromatic nitrogens is 4. The number of nitrogens with one attached hydrogen (secondary N) is 1. The third-order valence-electron chi connectivity index (χ3n) is 4.06. The van der Waals surface area contributed by atoms with Crippen LogP contribution in [0.5, 0.6) is 0 Å². The van der Waals surface area contributed by atoms with Gasteiger partial charge in [0.25, 0.3) is 10.0 Å². The normalized spacial score (nSPS) is 18.9. The molecule has 1 N–H and O–H groups in total. The minimum absolute atomic E-state index is 0.0960. The minimum Gasteiger partial charge on any atom is -0.339 e. The molecule has 0 radical (unpaired) electrons. The Hall–Kier alpha value is -2.52. The highest BCUT2D eigenvalue weighted by Gasteiger charge is 2.36. The van der Waals surface area contributed by atoms with Crippen LogP contribution in [-0.4, -0.2) is 45.9 Å². The van der Waals surface area contributed by atoms with Crippen molar-refractivity contribution in [3.8, 4) is 11.4 Å². The van der Waals surface area contributed by atoms with Gasteiger partial charge < -0.3 is 9.51 Å². The van der Waals surface area contributed by atoms with Crippen LogP contribution in [0.1, 0.15) is 18.2 Å². The van der Waals surface area contributed by atoms with E-state index in [0.29, 0.717) is 31.2 Å². The molecule has 1 atom stereocenters. The molecule has 0 unspecified atom stereocenters. The van der Waals surface area contributed by atoms with E-state index < -0.39 is 10.0 Å². The van der Waals surface area contributed by atoms with Crippen molar-refractivity contribution < 1.29 is 12.9 Å². The maximum Gasteiger partial charge on any atom is 0.260 e. The predicted molar refractivity (Wildman–Crippen MR) is 84.4 cm³/mol. The summed E-state index contributed by atoms with van der Waals surface area (Å²) in [4.78, 5) is 10.8. The second kappa shape index (κ2) is 5.84. The van der Waals surface area contributed by atoms with Gasteiger partial charge >= 0.3 is 0 Å². The largest absolute Gasteiger partial charge is 0.339 e. The van der Waals surface area contributed by atoms with Gasteiger partial charge in [-0.25, -0.2) is 13.4 Å². The van der Waals surface area contributed by atoms with Gasteiger partial charge in [-0.05, 0) is 6.42 Å². The fourth-order valence-electron chi connectivity index (χ4n) is 2.78. The third-order valence-corrected chi connectivity index (χ3v) is 5.86. The quantitative estimate of drug-likeness (QED) is 0.770. The summed E-state index contributed by atoms with van der Waals surface area (Å²) >= 11 is 0. The van der Waals surface area contributed by atoms with E-state index in [1.54, 1.807) is 0 Å². The van der Waals surface area contributed by atoms with E-state index in [0.717, 1.165) is 5.56 Å². The van der Waals surface area contributed by atoms with E-state index in [1.807, 2.05) is 30.3 Å². The summed E-state index contributed by atoms with van der Waals surface area (Å²) in [5.41, 5.74) is 0.868. The first-order valence-electron chi connectivity index (χ1n) is 7.52. The summed E-state index contributed by atoms with van der Waals surface area (Å²) in [7, 11) is -3.56. The highest BCUT2D eigenvalue weighted by atomic mass is 32.2. The molecule has 3 aromatic rings. The van der Waals surface area contributed by atoms with Crippen molar-refractivity contribution in [2.45, 2.75) is 17.4 Å². The molecule has 0 bridgehead atoms. The molecule has 0 aliphatic carbocycles. The lowest BCUT2D eigenvalue weighted by molar-refractivity contribution is 0.354. The Morgan fingerprint density at radius 1 is 1.25 bits per heavy atom. The molecule has 4 rings (SSSR count). The number of hydrogen-bond acceptors (Lipinski definition) is 6. The van der Waals surface area contributed by atoms with Gasteiger partial charge in [0.15, 0.2) is 5.03 Å². The fraction of sp³-hybridized carbons (Fsp3) is 0.267. The summed E-state index contributed by atoms with van der Waals surface area (Å²) in [6.45, 7) is 0.729. The molecule has 9 heteroatoms. The lowest BCUT2D eigenvalue weighted by Crippen LogP contribution is -2.29. The van der Waals surface area contributed by atoms with Crippen LogP contribution in [0.25, 0.3) is 11.4 Å². The van der Waals surface area contributed by atoms with Crippen molar-refractivity contribution in [2.75, 3.05) is 13.1 Å². The van der Waals surface area contributed by atoms with E-state index in [9.17, 15) is 8.42 Å². The van der Waals surface area contributed by atoms with E-state index in [1.165, 1.54) is 16.8 Å². The maximum atomic E-state index is 12.5. The van der Waals surface area contributed by atoms with Crippen molar-refractivity contribution in [1.82, 2.24) is 24.4 Å². The lowest BCUT2D eigenvalue weighted by atomic mass is 10.1. The Kier molecular flexibility index (Phi) is 3.66. The zero-order valence-corrected chi connectivity index (χ0v) is 13.5. The summed E-state index contributed by atoms with van der Waals surface area (Å²) < 4.78 is 31.7. The smallest absolute Gasteiger partial charge is 0.260 e. The van der Waals surface area contributed by atoms with E-state index in [4.69, 9.17) is 4.52 Å². The molecule has 1 fully saturated rings. The molecule has 1 saturated heterocycles. The van der Waals surface area contributed by atoms with Gasteiger partial charge in [-0.3, -0.25) is 0 Å². The topological polar surface area (TPSA) is 105 Å². The van der Waals surface area contributed by atoms with Crippen LogP contribution in [0.3, 0.4) is 0 Å². The zero-order chi connectivity index (χ0) is 16.6. The highest BCUT2D eigenvalue weighted by Crippen LogP contribution is 2.30. The highest BCUT2D eigenvalue weighted by molar-refractivity contribution is 7.89. The second-order valence-electron chi connectivity index (χ2n) is 5.59. The standard InChI is InChI=1S/C15H15N5O3S/c21-24(22,13-8-16-10-17-13)20-7-6-12(9-20)15-18-14(19-23-15)11-4-2-1-3-5-11/h1-5,8,10,12H,6-7,9H2,(H,16,17)/t12-/m0/s1. The van der Waals surface area contributed by atoms with E-state index in [-0.39, 0.29) is 10.9 Å². The van der Waals surface area contributed by atoms with Crippen LogP contribution in [0, 0.1) is 0 Å². The number of benzene rings is 1. The molecule has 1 aliphatic rings. The van der Waals surface area contributed by atoms with Crippen LogP contribution < -0.4 is 0 Å². The maximum absolute atomic E-state index is 12.5. The van der Waals surface area contributed by atoms with E-state index in [2.05, 4.69) is 20.1 Å². The van der Waals surface area contributed by atoms with Gasteiger partial charge in [-0.2, -0.15) is 9.29 Å². The Balaban J connectivity index is 1.53. The first-order chi connectivity index (χ1) is 11.6. The monoisotopic (exact) mass is 345 g/mol. The zero-order valence-electron chi connectivity index (χ0n) is 12.7. The fourth-order valence-corrected chi connectivity index (χ4v) is 4.17. The molecule has 0 amide bonds. The summed E-state index contributed by atoms with van der Waals surface area (Å²) in [6.07, 6.45) is 3.30. The Labute approximate surface area is 138 Å². The van der Waals surface area contributed by atoms with Crippen molar-refractivity contribution in [2.24, 2.45) is 0 Å². The molecule has 2 aromatic heterocycles. The van der Waals surface area contributed by atoms with Crippen LogP contribution in [0.4, 0.5) is 0 Å². The molecule has 0 spiro atoms. The number of sulfonamides is 1. The van der Waals surface area contributed by atoms with Crippen LogP contribution in [-0.2, 0) is 10.0 Å². The van der Waals surface area contributed by atoms with Crippen LogP contribution in [0.15, 0.2) is 52.4 Å². The second-order valence-corrected chi connectivity index (χ2v) is 7.49. The first-order valence-corrected chi connectivity index (χ1v) is 8.96. The third kappa shape index (κ3) is 2.61. The summed E-state index contributed by atoms with van der Waals surface area (Å²) in [5, 5.41) is 4.09. The van der Waals surface area contributed by atoms with Gasteiger partial charge in [-0.1, -0.05) is 35.5 Å². The summed E-state index contributed by atoms with van der Waals surface area (Å²) in [5.74, 6) is 0.879.